The van der Waals surface area contributed by atoms with Gasteiger partial charge in [-0.2, -0.15) is 0 Å². The first-order valence-corrected chi connectivity index (χ1v) is 8.87. The molecule has 1 aromatic carbocycles. The van der Waals surface area contributed by atoms with Gasteiger partial charge in [-0.3, -0.25) is 9.80 Å². The molecule has 1 fully saturated rings. The molecule has 2 rings (SSSR count). The number of benzene rings is 1. The monoisotopic (exact) mass is 318 g/mol. The molecule has 1 aromatic rings. The van der Waals surface area contributed by atoms with E-state index in [9.17, 15) is 0 Å². The SMILES string of the molecule is CC(C)(C)c1ccc(OCCN2CCN(C(C)(C)C)CC2)cc1. The summed E-state index contributed by atoms with van der Waals surface area (Å²) in [5.41, 5.74) is 1.84. The van der Waals surface area contributed by atoms with Crippen LogP contribution in [0.4, 0.5) is 0 Å². The van der Waals surface area contributed by atoms with Crippen LogP contribution in [0.25, 0.3) is 0 Å². The third-order valence-corrected chi connectivity index (χ3v) is 4.72. The first-order valence-electron chi connectivity index (χ1n) is 8.87. The van der Waals surface area contributed by atoms with Crippen molar-refractivity contribution in [2.45, 2.75) is 52.5 Å². The summed E-state index contributed by atoms with van der Waals surface area (Å²) in [4.78, 5) is 5.07. The highest BCUT2D eigenvalue weighted by molar-refractivity contribution is 5.31. The molecule has 0 saturated carbocycles. The molecular weight excluding hydrogens is 284 g/mol. The molecule has 0 atom stereocenters. The maximum atomic E-state index is 5.92. The molecule has 0 aromatic heterocycles. The van der Waals surface area contributed by atoms with Crippen molar-refractivity contribution in [2.75, 3.05) is 39.3 Å². The van der Waals surface area contributed by atoms with Gasteiger partial charge in [-0.25, -0.2) is 0 Å². The Morgan fingerprint density at radius 3 is 1.91 bits per heavy atom. The normalized spacial score (nSPS) is 18.2. The number of hydrogen-bond acceptors (Lipinski definition) is 3. The second-order valence-electron chi connectivity index (χ2n) is 8.62. The third-order valence-electron chi connectivity index (χ3n) is 4.72. The fourth-order valence-electron chi connectivity index (χ4n) is 2.99. The largest absolute Gasteiger partial charge is 0.492 e. The van der Waals surface area contributed by atoms with Crippen LogP contribution in [0.3, 0.4) is 0 Å². The van der Waals surface area contributed by atoms with Crippen LogP contribution in [-0.2, 0) is 5.41 Å². The van der Waals surface area contributed by atoms with Crippen LogP contribution >= 0.6 is 0 Å². The van der Waals surface area contributed by atoms with Gasteiger partial charge in [0.05, 0.1) is 0 Å². The first-order chi connectivity index (χ1) is 10.7. The van der Waals surface area contributed by atoms with E-state index in [-0.39, 0.29) is 11.0 Å². The molecule has 0 spiro atoms. The highest BCUT2D eigenvalue weighted by Crippen LogP contribution is 2.24. The van der Waals surface area contributed by atoms with Crippen molar-refractivity contribution in [3.05, 3.63) is 29.8 Å². The van der Waals surface area contributed by atoms with Gasteiger partial charge in [0.2, 0.25) is 0 Å². The van der Waals surface area contributed by atoms with E-state index in [1.165, 1.54) is 5.56 Å². The van der Waals surface area contributed by atoms with E-state index in [1.54, 1.807) is 0 Å². The molecule has 0 unspecified atom stereocenters. The lowest BCUT2D eigenvalue weighted by molar-refractivity contribution is 0.0564. The van der Waals surface area contributed by atoms with E-state index in [2.05, 4.69) is 75.6 Å². The Morgan fingerprint density at radius 2 is 1.43 bits per heavy atom. The summed E-state index contributed by atoms with van der Waals surface area (Å²) in [5.74, 6) is 0.978. The molecule has 0 bridgehead atoms. The zero-order valence-corrected chi connectivity index (χ0v) is 15.9. The minimum atomic E-state index is 0.200. The fourth-order valence-corrected chi connectivity index (χ4v) is 2.99. The lowest BCUT2D eigenvalue weighted by atomic mass is 9.87. The van der Waals surface area contributed by atoms with Gasteiger partial charge >= 0.3 is 0 Å². The maximum absolute atomic E-state index is 5.92. The van der Waals surface area contributed by atoms with Gasteiger partial charge in [-0.05, 0) is 43.9 Å². The van der Waals surface area contributed by atoms with Gasteiger partial charge in [-0.15, -0.1) is 0 Å². The molecule has 0 radical (unpaired) electrons. The molecule has 0 amide bonds. The minimum Gasteiger partial charge on any atom is -0.492 e. The topological polar surface area (TPSA) is 15.7 Å². The fraction of sp³-hybridized carbons (Fsp3) is 0.700. The summed E-state index contributed by atoms with van der Waals surface area (Å²) in [6.07, 6.45) is 0. The van der Waals surface area contributed by atoms with E-state index in [1.807, 2.05) is 0 Å². The number of ether oxygens (including phenoxy) is 1. The van der Waals surface area contributed by atoms with Crippen molar-refractivity contribution in [1.29, 1.82) is 0 Å². The van der Waals surface area contributed by atoms with Crippen LogP contribution < -0.4 is 4.74 Å². The quantitative estimate of drug-likeness (QED) is 0.840. The molecular formula is C20H34N2O. The summed E-state index contributed by atoms with van der Waals surface area (Å²) < 4.78 is 5.92. The molecule has 3 heteroatoms. The first kappa shape index (κ1) is 18.3. The lowest BCUT2D eigenvalue weighted by Crippen LogP contribution is -2.53. The van der Waals surface area contributed by atoms with Gasteiger partial charge in [0, 0.05) is 38.3 Å². The average molecular weight is 319 g/mol. The smallest absolute Gasteiger partial charge is 0.119 e. The van der Waals surface area contributed by atoms with Crippen molar-refractivity contribution in [3.8, 4) is 5.75 Å². The highest BCUT2D eigenvalue weighted by Gasteiger charge is 2.25. The standard InChI is InChI=1S/C20H34N2O/c1-19(2,3)17-7-9-18(10-8-17)23-16-15-21-11-13-22(14-12-21)20(4,5)6/h7-10H,11-16H2,1-6H3. The van der Waals surface area contributed by atoms with Gasteiger partial charge < -0.3 is 4.74 Å². The van der Waals surface area contributed by atoms with Gasteiger partial charge in [0.25, 0.3) is 0 Å². The molecule has 3 nitrogen and oxygen atoms in total. The van der Waals surface area contributed by atoms with E-state index in [4.69, 9.17) is 4.74 Å². The summed E-state index contributed by atoms with van der Waals surface area (Å²) in [5, 5.41) is 0. The molecule has 23 heavy (non-hydrogen) atoms. The Morgan fingerprint density at radius 1 is 0.870 bits per heavy atom. The predicted octanol–water partition coefficient (Wildman–Crippen LogP) is 3.78. The van der Waals surface area contributed by atoms with Crippen molar-refractivity contribution in [1.82, 2.24) is 9.80 Å². The van der Waals surface area contributed by atoms with E-state index >= 15 is 0 Å². The van der Waals surface area contributed by atoms with Crippen molar-refractivity contribution in [2.24, 2.45) is 0 Å². The van der Waals surface area contributed by atoms with Crippen LogP contribution in [0.15, 0.2) is 24.3 Å². The summed E-state index contributed by atoms with van der Waals surface area (Å²) in [6, 6.07) is 8.55. The average Bonchev–Trinajstić information content (AvgIpc) is 2.46. The Kier molecular flexibility index (Phi) is 5.74. The highest BCUT2D eigenvalue weighted by atomic mass is 16.5. The van der Waals surface area contributed by atoms with Crippen molar-refractivity contribution < 1.29 is 4.74 Å². The lowest BCUT2D eigenvalue weighted by Gasteiger charge is -2.42. The summed E-state index contributed by atoms with van der Waals surface area (Å²) in [7, 11) is 0. The Labute approximate surface area is 142 Å². The Hall–Kier alpha value is -1.06. The van der Waals surface area contributed by atoms with Crippen LogP contribution in [0.1, 0.15) is 47.1 Å². The van der Waals surface area contributed by atoms with E-state index < -0.39 is 0 Å². The summed E-state index contributed by atoms with van der Waals surface area (Å²) >= 11 is 0. The second-order valence-corrected chi connectivity index (χ2v) is 8.62. The van der Waals surface area contributed by atoms with Crippen LogP contribution in [0.2, 0.25) is 0 Å². The maximum Gasteiger partial charge on any atom is 0.119 e. The van der Waals surface area contributed by atoms with Crippen molar-refractivity contribution in [3.63, 3.8) is 0 Å². The number of piperazine rings is 1. The molecule has 1 aliphatic heterocycles. The van der Waals surface area contributed by atoms with Crippen LogP contribution in [0, 0.1) is 0 Å². The van der Waals surface area contributed by atoms with Crippen molar-refractivity contribution >= 4 is 0 Å². The molecule has 1 aliphatic rings. The Balaban J connectivity index is 1.72. The van der Waals surface area contributed by atoms with Crippen LogP contribution in [-0.4, -0.2) is 54.7 Å². The van der Waals surface area contributed by atoms with E-state index in [0.717, 1.165) is 45.1 Å². The molecule has 1 saturated heterocycles. The Bertz CT molecular complexity index is 474. The van der Waals surface area contributed by atoms with Gasteiger partial charge in [-0.1, -0.05) is 32.9 Å². The van der Waals surface area contributed by atoms with Gasteiger partial charge in [0.1, 0.15) is 12.4 Å². The molecule has 0 aliphatic carbocycles. The third kappa shape index (κ3) is 5.50. The minimum absolute atomic E-state index is 0.200. The molecule has 130 valence electrons. The zero-order valence-electron chi connectivity index (χ0n) is 15.9. The van der Waals surface area contributed by atoms with Crippen LogP contribution in [0.5, 0.6) is 5.75 Å². The molecule has 0 N–H and O–H groups in total. The number of hydrogen-bond donors (Lipinski definition) is 0. The number of rotatable bonds is 4. The second kappa shape index (κ2) is 7.23. The zero-order chi connectivity index (χ0) is 17.1. The molecule has 1 heterocycles. The summed E-state index contributed by atoms with van der Waals surface area (Å²) in [6.45, 7) is 20.0. The number of nitrogens with zero attached hydrogens (tertiary/aromatic N) is 2. The van der Waals surface area contributed by atoms with Gasteiger partial charge in [0.15, 0.2) is 0 Å². The van der Waals surface area contributed by atoms with E-state index in [0.29, 0.717) is 0 Å². The predicted molar refractivity (Wildman–Crippen MR) is 98.4 cm³/mol.